The lowest BCUT2D eigenvalue weighted by molar-refractivity contribution is -0.908. The van der Waals surface area contributed by atoms with Crippen LogP contribution in [-0.2, 0) is 13.1 Å². The van der Waals surface area contributed by atoms with Crippen LogP contribution < -0.4 is 10.5 Å². The SMILES string of the molecule is Cc1cccc2nc(C[NH+](C)Cc3ccc(Br)cc3)cc(=O)n12. The highest BCUT2D eigenvalue weighted by Gasteiger charge is 2.10. The largest absolute Gasteiger partial charge is 0.329 e. The Morgan fingerprint density at radius 2 is 1.87 bits per heavy atom. The maximum absolute atomic E-state index is 12.3. The predicted molar refractivity (Wildman–Crippen MR) is 94.6 cm³/mol. The smallest absolute Gasteiger partial charge is 0.258 e. The Balaban J connectivity index is 1.81. The lowest BCUT2D eigenvalue weighted by Crippen LogP contribution is -3.06. The van der Waals surface area contributed by atoms with Crippen LogP contribution in [0, 0.1) is 6.92 Å². The average molecular weight is 373 g/mol. The van der Waals surface area contributed by atoms with Gasteiger partial charge in [0.2, 0.25) is 0 Å². The molecule has 1 atom stereocenters. The van der Waals surface area contributed by atoms with E-state index in [9.17, 15) is 4.79 Å². The Labute approximate surface area is 143 Å². The van der Waals surface area contributed by atoms with E-state index >= 15 is 0 Å². The number of hydrogen-bond acceptors (Lipinski definition) is 2. The molecule has 23 heavy (non-hydrogen) atoms. The van der Waals surface area contributed by atoms with E-state index in [1.54, 1.807) is 10.5 Å². The summed E-state index contributed by atoms with van der Waals surface area (Å²) in [6, 6.07) is 15.7. The van der Waals surface area contributed by atoms with E-state index in [1.165, 1.54) is 10.5 Å². The van der Waals surface area contributed by atoms with Gasteiger partial charge in [-0.3, -0.25) is 9.20 Å². The summed E-state index contributed by atoms with van der Waals surface area (Å²) in [7, 11) is 2.11. The highest BCUT2D eigenvalue weighted by Crippen LogP contribution is 2.09. The van der Waals surface area contributed by atoms with Crippen molar-refractivity contribution >= 4 is 21.6 Å². The molecule has 0 saturated carbocycles. The van der Waals surface area contributed by atoms with Gasteiger partial charge >= 0.3 is 0 Å². The van der Waals surface area contributed by atoms with Crippen LogP contribution >= 0.6 is 15.9 Å². The molecule has 0 fully saturated rings. The average Bonchev–Trinajstić information content (AvgIpc) is 2.49. The molecule has 3 rings (SSSR count). The van der Waals surface area contributed by atoms with Crippen molar-refractivity contribution in [3.63, 3.8) is 0 Å². The molecule has 5 heteroatoms. The van der Waals surface area contributed by atoms with Crippen LogP contribution in [0.5, 0.6) is 0 Å². The summed E-state index contributed by atoms with van der Waals surface area (Å²) in [4.78, 5) is 18.2. The van der Waals surface area contributed by atoms with Gasteiger partial charge in [0.1, 0.15) is 24.4 Å². The topological polar surface area (TPSA) is 38.8 Å². The monoisotopic (exact) mass is 372 g/mol. The summed E-state index contributed by atoms with van der Waals surface area (Å²) in [5, 5.41) is 0. The first-order valence-corrected chi connectivity index (χ1v) is 8.36. The lowest BCUT2D eigenvalue weighted by atomic mass is 10.2. The van der Waals surface area contributed by atoms with Gasteiger partial charge in [0.25, 0.3) is 5.56 Å². The van der Waals surface area contributed by atoms with Gasteiger partial charge < -0.3 is 4.90 Å². The fourth-order valence-electron chi connectivity index (χ4n) is 2.78. The highest BCUT2D eigenvalue weighted by molar-refractivity contribution is 9.10. The fourth-order valence-corrected chi connectivity index (χ4v) is 3.04. The maximum atomic E-state index is 12.3. The van der Waals surface area contributed by atoms with Gasteiger partial charge in [-0.1, -0.05) is 34.1 Å². The molecule has 1 N–H and O–H groups in total. The number of nitrogens with one attached hydrogen (secondary N) is 1. The van der Waals surface area contributed by atoms with Gasteiger partial charge in [-0.2, -0.15) is 0 Å². The normalized spacial score (nSPS) is 12.5. The van der Waals surface area contributed by atoms with E-state index in [2.05, 4.69) is 40.1 Å². The van der Waals surface area contributed by atoms with E-state index in [1.807, 2.05) is 37.3 Å². The second kappa shape index (κ2) is 6.64. The summed E-state index contributed by atoms with van der Waals surface area (Å²) < 4.78 is 2.73. The predicted octanol–water partition coefficient (Wildman–Crippen LogP) is 1.98. The van der Waals surface area contributed by atoms with Crippen LogP contribution in [0.25, 0.3) is 5.65 Å². The number of halogens is 1. The van der Waals surface area contributed by atoms with Gasteiger partial charge in [-0.05, 0) is 31.2 Å². The summed E-state index contributed by atoms with van der Waals surface area (Å²) in [6.07, 6.45) is 0. The third-order valence-electron chi connectivity index (χ3n) is 3.84. The van der Waals surface area contributed by atoms with Gasteiger partial charge in [0.05, 0.1) is 7.05 Å². The van der Waals surface area contributed by atoms with E-state index in [0.29, 0.717) is 5.65 Å². The van der Waals surface area contributed by atoms with Crippen molar-refractivity contribution in [1.29, 1.82) is 0 Å². The van der Waals surface area contributed by atoms with Gasteiger partial charge in [-0.15, -0.1) is 0 Å². The molecule has 0 amide bonds. The second-order valence-corrected chi connectivity index (χ2v) is 6.80. The minimum atomic E-state index is -0.0143. The molecule has 2 heterocycles. The molecule has 1 aromatic carbocycles. The number of rotatable bonds is 4. The van der Waals surface area contributed by atoms with E-state index < -0.39 is 0 Å². The number of hydrogen-bond donors (Lipinski definition) is 1. The molecule has 2 aromatic heterocycles. The molecule has 118 valence electrons. The molecule has 0 saturated heterocycles. The second-order valence-electron chi connectivity index (χ2n) is 5.88. The van der Waals surface area contributed by atoms with Gasteiger partial charge in [0, 0.05) is 21.8 Å². The molecular formula is C18H19BrN3O+. The number of benzene rings is 1. The van der Waals surface area contributed by atoms with Crippen molar-refractivity contribution < 1.29 is 4.90 Å². The van der Waals surface area contributed by atoms with E-state index in [4.69, 9.17) is 0 Å². The number of quaternary nitrogens is 1. The van der Waals surface area contributed by atoms with Crippen molar-refractivity contribution in [2.45, 2.75) is 20.0 Å². The van der Waals surface area contributed by atoms with Crippen LogP contribution in [0.4, 0.5) is 0 Å². The van der Waals surface area contributed by atoms with E-state index in [0.717, 1.165) is 29.0 Å². The Bertz CT molecular complexity index is 887. The summed E-state index contributed by atoms with van der Waals surface area (Å²) >= 11 is 3.45. The minimum absolute atomic E-state index is 0.0143. The molecule has 0 spiro atoms. The highest BCUT2D eigenvalue weighted by atomic mass is 79.9. The van der Waals surface area contributed by atoms with Crippen molar-refractivity contribution in [2.75, 3.05) is 7.05 Å². The van der Waals surface area contributed by atoms with Crippen molar-refractivity contribution in [3.05, 3.63) is 80.3 Å². The summed E-state index contributed by atoms with van der Waals surface area (Å²) in [5.74, 6) is 0. The fraction of sp³-hybridized carbons (Fsp3) is 0.222. The standard InChI is InChI=1S/C18H18BrN3O/c1-13-4-3-5-17-20-16(10-18(23)22(13)17)12-21(2)11-14-6-8-15(19)9-7-14/h3-10H,11-12H2,1-2H3/p+1. The number of fused-ring (bicyclic) bond motifs is 1. The lowest BCUT2D eigenvalue weighted by Gasteiger charge is -2.14. The first kappa shape index (κ1) is 15.9. The first-order valence-electron chi connectivity index (χ1n) is 7.57. The molecule has 4 nitrogen and oxygen atoms in total. The van der Waals surface area contributed by atoms with Gasteiger partial charge in [0.15, 0.2) is 0 Å². The molecule has 0 bridgehead atoms. The Morgan fingerprint density at radius 3 is 2.61 bits per heavy atom. The zero-order valence-electron chi connectivity index (χ0n) is 13.2. The molecule has 1 unspecified atom stereocenters. The maximum Gasteiger partial charge on any atom is 0.258 e. The first-order chi connectivity index (χ1) is 11.0. The van der Waals surface area contributed by atoms with E-state index in [-0.39, 0.29) is 5.56 Å². The molecular weight excluding hydrogens is 354 g/mol. The van der Waals surface area contributed by atoms with Gasteiger partial charge in [-0.25, -0.2) is 4.98 Å². The Hall–Kier alpha value is -1.98. The van der Waals surface area contributed by atoms with Crippen molar-refractivity contribution in [1.82, 2.24) is 9.38 Å². The Morgan fingerprint density at radius 1 is 1.13 bits per heavy atom. The number of aromatic nitrogens is 2. The molecule has 0 aliphatic rings. The number of aryl methyl sites for hydroxylation is 1. The minimum Gasteiger partial charge on any atom is -0.329 e. The zero-order chi connectivity index (χ0) is 16.4. The molecule has 0 aliphatic carbocycles. The summed E-state index contributed by atoms with van der Waals surface area (Å²) in [5.41, 5.74) is 3.69. The van der Waals surface area contributed by atoms with Crippen LogP contribution in [0.2, 0.25) is 0 Å². The quantitative estimate of drug-likeness (QED) is 0.760. The van der Waals surface area contributed by atoms with Crippen molar-refractivity contribution in [2.24, 2.45) is 0 Å². The van der Waals surface area contributed by atoms with Crippen LogP contribution in [0.1, 0.15) is 17.0 Å². The zero-order valence-corrected chi connectivity index (χ0v) is 14.8. The Kier molecular flexibility index (Phi) is 4.59. The molecule has 3 aromatic rings. The third-order valence-corrected chi connectivity index (χ3v) is 4.36. The van der Waals surface area contributed by atoms with Crippen LogP contribution in [-0.4, -0.2) is 16.4 Å². The molecule has 0 radical (unpaired) electrons. The third kappa shape index (κ3) is 3.68. The molecule has 0 aliphatic heterocycles. The summed E-state index contributed by atoms with van der Waals surface area (Å²) in [6.45, 7) is 3.53. The van der Waals surface area contributed by atoms with Crippen LogP contribution in [0.15, 0.2) is 57.8 Å². The number of nitrogens with zero attached hydrogens (tertiary/aromatic N) is 2. The van der Waals surface area contributed by atoms with Crippen molar-refractivity contribution in [3.8, 4) is 0 Å². The number of pyridine rings is 1. The van der Waals surface area contributed by atoms with Crippen LogP contribution in [0.3, 0.4) is 0 Å².